The van der Waals surface area contributed by atoms with Crippen molar-refractivity contribution in [1.29, 1.82) is 0 Å². The zero-order valence-electron chi connectivity index (χ0n) is 17.8. The van der Waals surface area contributed by atoms with E-state index in [0.717, 1.165) is 23.3 Å². The number of aromatic nitrogens is 3. The topological polar surface area (TPSA) is 92.0 Å². The average molecular weight is 452 g/mol. The van der Waals surface area contributed by atoms with Crippen molar-refractivity contribution >= 4 is 28.3 Å². The van der Waals surface area contributed by atoms with Crippen molar-refractivity contribution < 1.29 is 19.0 Å². The lowest BCUT2D eigenvalue weighted by atomic mass is 10.2. The molecule has 0 saturated heterocycles. The Labute approximate surface area is 187 Å². The predicted octanol–water partition coefficient (Wildman–Crippen LogP) is 3.09. The van der Waals surface area contributed by atoms with Crippen molar-refractivity contribution in [2.75, 3.05) is 13.7 Å². The van der Waals surface area contributed by atoms with Gasteiger partial charge in [0, 0.05) is 12.5 Å². The lowest BCUT2D eigenvalue weighted by Gasteiger charge is -2.08. The Morgan fingerprint density at radius 3 is 2.59 bits per heavy atom. The van der Waals surface area contributed by atoms with E-state index in [1.54, 1.807) is 24.3 Å². The summed E-state index contributed by atoms with van der Waals surface area (Å²) in [6, 6.07) is 12.5. The van der Waals surface area contributed by atoms with Crippen LogP contribution in [-0.4, -0.2) is 34.3 Å². The molecular formula is C23H21N3O5S. The van der Waals surface area contributed by atoms with E-state index in [-0.39, 0.29) is 5.56 Å². The molecular weight excluding hydrogens is 430 g/mol. The van der Waals surface area contributed by atoms with Crippen LogP contribution in [-0.2, 0) is 4.79 Å². The summed E-state index contributed by atoms with van der Waals surface area (Å²) < 4.78 is 17.8. The highest BCUT2D eigenvalue weighted by atomic mass is 32.1. The number of fused-ring (bicyclic) bond motifs is 1. The van der Waals surface area contributed by atoms with Gasteiger partial charge in [-0.2, -0.15) is 9.50 Å². The molecule has 0 saturated carbocycles. The van der Waals surface area contributed by atoms with E-state index in [9.17, 15) is 9.59 Å². The summed E-state index contributed by atoms with van der Waals surface area (Å²) in [7, 11) is 1.48. The van der Waals surface area contributed by atoms with Crippen molar-refractivity contribution in [2.45, 2.75) is 20.3 Å². The van der Waals surface area contributed by atoms with Gasteiger partial charge in [-0.1, -0.05) is 24.3 Å². The van der Waals surface area contributed by atoms with Gasteiger partial charge in [-0.05, 0) is 54.5 Å². The first-order valence-corrected chi connectivity index (χ1v) is 10.8. The highest BCUT2D eigenvalue weighted by molar-refractivity contribution is 7.15. The number of carbonyl (C=O) groups excluding carboxylic acids is 1. The zero-order chi connectivity index (χ0) is 22.7. The first-order chi connectivity index (χ1) is 15.5. The van der Waals surface area contributed by atoms with Crippen LogP contribution < -0.4 is 24.3 Å². The fourth-order valence-electron chi connectivity index (χ4n) is 3.04. The number of esters is 1. The number of hydrogen-bond donors (Lipinski definition) is 0. The summed E-state index contributed by atoms with van der Waals surface area (Å²) in [6.45, 7) is 4.03. The van der Waals surface area contributed by atoms with Gasteiger partial charge < -0.3 is 14.2 Å². The SMILES string of the molecule is CCCOc1ccc(-c2nc3sc(=Cc4ccc(OC(C)=O)c(OC)c4)c(=O)n3n2)cc1. The molecule has 164 valence electrons. The fourth-order valence-corrected chi connectivity index (χ4v) is 3.95. The lowest BCUT2D eigenvalue weighted by Crippen LogP contribution is -2.23. The van der Waals surface area contributed by atoms with Crippen LogP contribution in [0.4, 0.5) is 0 Å². The first-order valence-electron chi connectivity index (χ1n) is 9.99. The van der Waals surface area contributed by atoms with Gasteiger partial charge >= 0.3 is 5.97 Å². The summed E-state index contributed by atoms with van der Waals surface area (Å²) >= 11 is 1.25. The van der Waals surface area contributed by atoms with Crippen molar-refractivity contribution in [3.8, 4) is 28.6 Å². The van der Waals surface area contributed by atoms with Crippen LogP contribution >= 0.6 is 11.3 Å². The summed E-state index contributed by atoms with van der Waals surface area (Å²) in [5, 5.41) is 4.38. The summed E-state index contributed by atoms with van der Waals surface area (Å²) in [5.41, 5.74) is 1.28. The molecule has 9 heteroatoms. The molecule has 0 amide bonds. The van der Waals surface area contributed by atoms with E-state index in [0.29, 0.717) is 33.4 Å². The van der Waals surface area contributed by atoms with E-state index < -0.39 is 5.97 Å². The van der Waals surface area contributed by atoms with Crippen LogP contribution in [0, 0.1) is 0 Å². The zero-order valence-corrected chi connectivity index (χ0v) is 18.6. The third kappa shape index (κ3) is 4.47. The first kappa shape index (κ1) is 21.5. The Bertz CT molecular complexity index is 1380. The van der Waals surface area contributed by atoms with Crippen molar-refractivity contribution in [2.24, 2.45) is 0 Å². The second kappa shape index (κ2) is 9.19. The minimum absolute atomic E-state index is 0.255. The minimum atomic E-state index is -0.439. The van der Waals surface area contributed by atoms with Crippen molar-refractivity contribution in [3.05, 3.63) is 62.9 Å². The van der Waals surface area contributed by atoms with Gasteiger partial charge in [0.05, 0.1) is 18.2 Å². The van der Waals surface area contributed by atoms with Gasteiger partial charge in [0.25, 0.3) is 5.56 Å². The molecule has 0 aliphatic rings. The molecule has 2 aromatic heterocycles. The maximum atomic E-state index is 12.8. The van der Waals surface area contributed by atoms with Crippen LogP contribution in [0.5, 0.6) is 17.2 Å². The van der Waals surface area contributed by atoms with Crippen LogP contribution in [0.25, 0.3) is 22.4 Å². The summed E-state index contributed by atoms with van der Waals surface area (Å²) in [5.74, 6) is 1.54. The summed E-state index contributed by atoms with van der Waals surface area (Å²) in [6.07, 6.45) is 2.67. The second-order valence-corrected chi connectivity index (χ2v) is 7.93. The lowest BCUT2D eigenvalue weighted by molar-refractivity contribution is -0.132. The van der Waals surface area contributed by atoms with Gasteiger partial charge in [0.2, 0.25) is 4.96 Å². The average Bonchev–Trinajstić information content (AvgIpc) is 3.32. The van der Waals surface area contributed by atoms with Crippen molar-refractivity contribution in [3.63, 3.8) is 0 Å². The van der Waals surface area contributed by atoms with Crippen molar-refractivity contribution in [1.82, 2.24) is 14.6 Å². The third-order valence-electron chi connectivity index (χ3n) is 4.51. The smallest absolute Gasteiger partial charge is 0.308 e. The van der Waals surface area contributed by atoms with Gasteiger partial charge in [0.1, 0.15) is 5.75 Å². The van der Waals surface area contributed by atoms with Gasteiger partial charge in [-0.25, -0.2) is 0 Å². The van der Waals surface area contributed by atoms with Gasteiger partial charge in [-0.15, -0.1) is 5.10 Å². The van der Waals surface area contributed by atoms with Gasteiger partial charge in [0.15, 0.2) is 17.3 Å². The second-order valence-electron chi connectivity index (χ2n) is 6.92. The number of benzene rings is 2. The van der Waals surface area contributed by atoms with Crippen LogP contribution in [0.1, 0.15) is 25.8 Å². The van der Waals surface area contributed by atoms with Crippen LogP contribution in [0.2, 0.25) is 0 Å². The number of hydrogen-bond acceptors (Lipinski definition) is 8. The molecule has 0 fully saturated rings. The highest BCUT2D eigenvalue weighted by Crippen LogP contribution is 2.28. The fraction of sp³-hybridized carbons (Fsp3) is 0.217. The number of ether oxygens (including phenoxy) is 3. The quantitative estimate of drug-likeness (QED) is 0.315. The number of nitrogens with zero attached hydrogens (tertiary/aromatic N) is 3. The Kier molecular flexibility index (Phi) is 6.18. The molecule has 2 aromatic carbocycles. The van der Waals surface area contributed by atoms with Crippen LogP contribution in [0.3, 0.4) is 0 Å². The molecule has 0 unspecified atom stereocenters. The van der Waals surface area contributed by atoms with E-state index in [2.05, 4.69) is 17.0 Å². The third-order valence-corrected chi connectivity index (χ3v) is 5.47. The molecule has 0 spiro atoms. The Hall–Kier alpha value is -3.72. The Morgan fingerprint density at radius 2 is 1.94 bits per heavy atom. The predicted molar refractivity (Wildman–Crippen MR) is 121 cm³/mol. The number of carbonyl (C=O) groups is 1. The van der Waals surface area contributed by atoms with Gasteiger partial charge in [-0.3, -0.25) is 9.59 Å². The minimum Gasteiger partial charge on any atom is -0.494 e. The van der Waals surface area contributed by atoms with E-state index >= 15 is 0 Å². The Balaban J connectivity index is 1.64. The monoisotopic (exact) mass is 451 g/mol. The molecule has 4 aromatic rings. The molecule has 32 heavy (non-hydrogen) atoms. The standard InChI is InChI=1S/C23H21N3O5S/c1-4-11-30-17-8-6-16(7-9-17)21-24-23-26(25-21)22(28)20(32-23)13-15-5-10-18(31-14(2)27)19(12-15)29-3/h5-10,12-13H,4,11H2,1-3H3. The Morgan fingerprint density at radius 1 is 1.16 bits per heavy atom. The van der Waals surface area contributed by atoms with E-state index in [4.69, 9.17) is 14.2 Å². The highest BCUT2D eigenvalue weighted by Gasteiger charge is 2.13. The maximum absolute atomic E-state index is 12.8. The summed E-state index contributed by atoms with van der Waals surface area (Å²) in [4.78, 5) is 29.1. The molecule has 0 radical (unpaired) electrons. The maximum Gasteiger partial charge on any atom is 0.308 e. The number of thiazole rings is 1. The number of rotatable bonds is 7. The molecule has 0 atom stereocenters. The van der Waals surface area contributed by atoms with E-state index in [1.165, 1.54) is 29.9 Å². The van der Waals surface area contributed by atoms with Crippen LogP contribution in [0.15, 0.2) is 47.3 Å². The molecule has 4 rings (SSSR count). The molecule has 0 aliphatic heterocycles. The molecule has 0 aliphatic carbocycles. The molecule has 8 nitrogen and oxygen atoms in total. The largest absolute Gasteiger partial charge is 0.494 e. The van der Waals surface area contributed by atoms with E-state index in [1.807, 2.05) is 24.3 Å². The molecule has 0 N–H and O–H groups in total. The number of methoxy groups -OCH3 is 1. The normalized spacial score (nSPS) is 11.7. The molecule has 0 bridgehead atoms. The molecule has 2 heterocycles.